The van der Waals surface area contributed by atoms with Gasteiger partial charge in [0.15, 0.2) is 16.8 Å². The molecule has 2 heterocycles. The standard InChI is InChI=1S/C21H26N4O2S/c1-14-11-18(16(3)25(14)15(2)12-27-5)19(26)13-28-21-23-22-20(24(21)4)17-9-7-6-8-10-17/h6-11,15H,12-13H2,1-5H3/t15-/m0/s1. The minimum atomic E-state index is 0.0956. The van der Waals surface area contributed by atoms with Gasteiger partial charge >= 0.3 is 0 Å². The fraction of sp³-hybridized carbons (Fsp3) is 0.381. The molecule has 0 N–H and O–H groups in total. The second-order valence-electron chi connectivity index (χ2n) is 6.90. The van der Waals surface area contributed by atoms with Gasteiger partial charge in [-0.25, -0.2) is 0 Å². The van der Waals surface area contributed by atoms with Crippen LogP contribution >= 0.6 is 11.8 Å². The maximum absolute atomic E-state index is 12.9. The third kappa shape index (κ3) is 4.05. The van der Waals surface area contributed by atoms with Crippen LogP contribution in [0, 0.1) is 13.8 Å². The van der Waals surface area contributed by atoms with Gasteiger partial charge in [0.25, 0.3) is 0 Å². The Morgan fingerprint density at radius 2 is 1.93 bits per heavy atom. The number of carbonyl (C=O) groups excluding carboxylic acids is 1. The van der Waals surface area contributed by atoms with Gasteiger partial charge in [-0.15, -0.1) is 10.2 Å². The van der Waals surface area contributed by atoms with Crippen LogP contribution in [-0.2, 0) is 11.8 Å². The number of rotatable bonds is 8. The highest BCUT2D eigenvalue weighted by Gasteiger charge is 2.20. The zero-order valence-corrected chi connectivity index (χ0v) is 17.8. The van der Waals surface area contributed by atoms with Crippen molar-refractivity contribution in [1.29, 1.82) is 0 Å². The van der Waals surface area contributed by atoms with E-state index in [1.807, 2.05) is 61.9 Å². The summed E-state index contributed by atoms with van der Waals surface area (Å²) in [4.78, 5) is 12.9. The van der Waals surface area contributed by atoms with Crippen LogP contribution < -0.4 is 0 Å². The number of aromatic nitrogens is 4. The Morgan fingerprint density at radius 3 is 2.61 bits per heavy atom. The van der Waals surface area contributed by atoms with Crippen molar-refractivity contribution >= 4 is 17.5 Å². The van der Waals surface area contributed by atoms with Crippen molar-refractivity contribution in [1.82, 2.24) is 19.3 Å². The van der Waals surface area contributed by atoms with Gasteiger partial charge in [-0.05, 0) is 26.8 Å². The van der Waals surface area contributed by atoms with E-state index in [0.717, 1.165) is 33.5 Å². The summed E-state index contributed by atoms with van der Waals surface area (Å²) in [6.45, 7) is 6.72. The third-order valence-electron chi connectivity index (χ3n) is 4.83. The number of carbonyl (C=O) groups is 1. The van der Waals surface area contributed by atoms with E-state index in [1.54, 1.807) is 7.11 Å². The molecule has 0 aliphatic rings. The van der Waals surface area contributed by atoms with Crippen molar-refractivity contribution in [2.45, 2.75) is 32.0 Å². The summed E-state index contributed by atoms with van der Waals surface area (Å²) in [7, 11) is 3.62. The van der Waals surface area contributed by atoms with E-state index in [9.17, 15) is 4.79 Å². The summed E-state index contributed by atoms with van der Waals surface area (Å²) >= 11 is 1.41. The molecular weight excluding hydrogens is 372 g/mol. The van der Waals surface area contributed by atoms with Gasteiger partial charge in [0.05, 0.1) is 18.4 Å². The lowest BCUT2D eigenvalue weighted by atomic mass is 10.2. The molecule has 3 rings (SSSR count). The molecular formula is C21H26N4O2S. The molecule has 1 aromatic carbocycles. The molecule has 0 aliphatic carbocycles. The fourth-order valence-electron chi connectivity index (χ4n) is 3.54. The topological polar surface area (TPSA) is 61.9 Å². The highest BCUT2D eigenvalue weighted by Crippen LogP contribution is 2.25. The van der Waals surface area contributed by atoms with Crippen molar-refractivity contribution in [3.05, 3.63) is 53.3 Å². The Morgan fingerprint density at radius 1 is 1.21 bits per heavy atom. The van der Waals surface area contributed by atoms with Crippen LogP contribution in [0.1, 0.15) is 34.7 Å². The summed E-state index contributed by atoms with van der Waals surface area (Å²) in [6, 6.07) is 12.1. The van der Waals surface area contributed by atoms with Crippen LogP contribution in [0.5, 0.6) is 0 Å². The maximum atomic E-state index is 12.9. The first-order chi connectivity index (χ1) is 13.4. The number of nitrogens with zero attached hydrogens (tertiary/aromatic N) is 4. The van der Waals surface area contributed by atoms with Crippen molar-refractivity contribution < 1.29 is 9.53 Å². The van der Waals surface area contributed by atoms with Crippen molar-refractivity contribution in [2.24, 2.45) is 7.05 Å². The largest absolute Gasteiger partial charge is 0.383 e. The van der Waals surface area contributed by atoms with Gasteiger partial charge in [0.1, 0.15) is 0 Å². The molecule has 0 saturated carbocycles. The number of aryl methyl sites for hydroxylation is 1. The quantitative estimate of drug-likeness (QED) is 0.423. The molecule has 0 saturated heterocycles. The zero-order chi connectivity index (χ0) is 20.3. The van der Waals surface area contributed by atoms with Crippen molar-refractivity contribution in [2.75, 3.05) is 19.5 Å². The average Bonchev–Trinajstić information content (AvgIpc) is 3.20. The smallest absolute Gasteiger partial charge is 0.191 e. The predicted molar refractivity (Wildman–Crippen MR) is 112 cm³/mol. The number of ketones is 1. The van der Waals surface area contributed by atoms with Gasteiger partial charge in [-0.3, -0.25) is 4.79 Å². The molecule has 0 spiro atoms. The summed E-state index contributed by atoms with van der Waals surface area (Å²) in [5, 5.41) is 9.27. The van der Waals surface area contributed by atoms with Crippen molar-refractivity contribution in [3.63, 3.8) is 0 Å². The van der Waals surface area contributed by atoms with E-state index in [2.05, 4.69) is 21.7 Å². The second-order valence-corrected chi connectivity index (χ2v) is 7.84. The Balaban J connectivity index is 1.73. The molecule has 0 fully saturated rings. The van der Waals surface area contributed by atoms with Crippen LogP contribution in [0.15, 0.2) is 41.6 Å². The van der Waals surface area contributed by atoms with Gasteiger partial charge in [0, 0.05) is 36.7 Å². The van der Waals surface area contributed by atoms with E-state index in [1.165, 1.54) is 11.8 Å². The Labute approximate surface area is 169 Å². The highest BCUT2D eigenvalue weighted by molar-refractivity contribution is 7.99. The normalized spacial score (nSPS) is 12.3. The molecule has 7 heteroatoms. The first-order valence-corrected chi connectivity index (χ1v) is 10.2. The fourth-order valence-corrected chi connectivity index (χ4v) is 4.33. The molecule has 0 radical (unpaired) electrons. The van der Waals surface area contributed by atoms with Crippen LogP contribution in [-0.4, -0.2) is 44.6 Å². The first-order valence-electron chi connectivity index (χ1n) is 9.22. The Bertz CT molecular complexity index is 962. The number of Topliss-reactive ketones (excluding diaryl/α,β-unsaturated/α-hetero) is 1. The Kier molecular flexibility index (Phi) is 6.36. The number of hydrogen-bond acceptors (Lipinski definition) is 5. The second kappa shape index (κ2) is 8.75. The lowest BCUT2D eigenvalue weighted by molar-refractivity contribution is 0.102. The number of methoxy groups -OCH3 is 1. The first kappa shape index (κ1) is 20.4. The molecule has 6 nitrogen and oxygen atoms in total. The van der Waals surface area contributed by atoms with E-state index >= 15 is 0 Å². The van der Waals surface area contributed by atoms with E-state index in [4.69, 9.17) is 4.74 Å². The predicted octanol–water partition coefficient (Wildman–Crippen LogP) is 4.08. The summed E-state index contributed by atoms with van der Waals surface area (Å²) in [6.07, 6.45) is 0. The maximum Gasteiger partial charge on any atom is 0.191 e. The molecule has 148 valence electrons. The van der Waals surface area contributed by atoms with Crippen LogP contribution in [0.3, 0.4) is 0 Å². The Hall–Kier alpha value is -2.38. The lowest BCUT2D eigenvalue weighted by Gasteiger charge is -2.17. The number of ether oxygens (including phenoxy) is 1. The number of hydrogen-bond donors (Lipinski definition) is 0. The lowest BCUT2D eigenvalue weighted by Crippen LogP contribution is -2.14. The number of benzene rings is 1. The summed E-state index contributed by atoms with van der Waals surface area (Å²) in [5.74, 6) is 1.21. The van der Waals surface area contributed by atoms with Gasteiger partial charge in [-0.2, -0.15) is 0 Å². The van der Waals surface area contributed by atoms with E-state index in [0.29, 0.717) is 12.4 Å². The third-order valence-corrected chi connectivity index (χ3v) is 5.85. The average molecular weight is 399 g/mol. The van der Waals surface area contributed by atoms with E-state index in [-0.39, 0.29) is 11.8 Å². The molecule has 0 amide bonds. The summed E-state index contributed by atoms with van der Waals surface area (Å²) in [5.41, 5.74) is 3.82. The zero-order valence-electron chi connectivity index (χ0n) is 17.0. The SMILES string of the molecule is COC[C@H](C)n1c(C)cc(C(=O)CSc2nnc(-c3ccccc3)n2C)c1C. The minimum absolute atomic E-state index is 0.0956. The number of thioether (sulfide) groups is 1. The monoisotopic (exact) mass is 398 g/mol. The highest BCUT2D eigenvalue weighted by atomic mass is 32.2. The van der Waals surface area contributed by atoms with Crippen LogP contribution in [0.2, 0.25) is 0 Å². The molecule has 28 heavy (non-hydrogen) atoms. The van der Waals surface area contributed by atoms with E-state index < -0.39 is 0 Å². The minimum Gasteiger partial charge on any atom is -0.383 e. The van der Waals surface area contributed by atoms with Crippen molar-refractivity contribution in [3.8, 4) is 11.4 Å². The molecule has 2 aromatic heterocycles. The molecule has 1 atom stereocenters. The van der Waals surface area contributed by atoms with Gasteiger partial charge in [0.2, 0.25) is 0 Å². The van der Waals surface area contributed by atoms with Gasteiger partial charge in [-0.1, -0.05) is 42.1 Å². The molecule has 0 unspecified atom stereocenters. The molecule has 0 aliphatic heterocycles. The molecule has 3 aromatic rings. The summed E-state index contributed by atoms with van der Waals surface area (Å²) < 4.78 is 9.36. The molecule has 0 bridgehead atoms. The van der Waals surface area contributed by atoms with Crippen LogP contribution in [0.4, 0.5) is 0 Å². The van der Waals surface area contributed by atoms with Gasteiger partial charge < -0.3 is 13.9 Å². The van der Waals surface area contributed by atoms with Crippen LogP contribution in [0.25, 0.3) is 11.4 Å².